The topological polar surface area (TPSA) is 54.5 Å². The number of hydrogen-bond donors (Lipinski definition) is 1. The van der Waals surface area contributed by atoms with Gasteiger partial charge in [-0.05, 0) is 30.2 Å². The van der Waals surface area contributed by atoms with Crippen molar-refractivity contribution in [1.82, 2.24) is 9.88 Å². The molecule has 0 radical (unpaired) electrons. The van der Waals surface area contributed by atoms with Crippen LogP contribution >= 0.6 is 0 Å². The highest BCUT2D eigenvalue weighted by atomic mass is 16.5. The fourth-order valence-corrected chi connectivity index (χ4v) is 2.88. The van der Waals surface area contributed by atoms with E-state index in [1.54, 1.807) is 6.20 Å². The molecule has 1 amide bonds. The van der Waals surface area contributed by atoms with Crippen molar-refractivity contribution in [2.24, 2.45) is 0 Å². The Morgan fingerprint density at radius 1 is 1.25 bits per heavy atom. The van der Waals surface area contributed by atoms with E-state index in [2.05, 4.69) is 10.3 Å². The third-order valence-corrected chi connectivity index (χ3v) is 4.23. The first-order valence-corrected chi connectivity index (χ1v) is 8.32. The zero-order valence-corrected chi connectivity index (χ0v) is 13.9. The number of aromatic nitrogens is 1. The monoisotopic (exact) mass is 325 g/mol. The van der Waals surface area contributed by atoms with Crippen molar-refractivity contribution in [3.63, 3.8) is 0 Å². The summed E-state index contributed by atoms with van der Waals surface area (Å²) in [5.41, 5.74) is 2.16. The maximum Gasteiger partial charge on any atom is 0.232 e. The Morgan fingerprint density at radius 3 is 2.71 bits per heavy atom. The molecule has 1 aromatic heterocycles. The molecule has 0 aliphatic carbocycles. The first kappa shape index (κ1) is 16.5. The lowest BCUT2D eigenvalue weighted by atomic mass is 9.97. The number of amides is 1. The van der Waals surface area contributed by atoms with E-state index in [-0.39, 0.29) is 11.8 Å². The van der Waals surface area contributed by atoms with Crippen molar-refractivity contribution in [3.8, 4) is 0 Å². The van der Waals surface area contributed by atoms with Crippen LogP contribution in [0.2, 0.25) is 0 Å². The molecule has 1 aliphatic heterocycles. The predicted octanol–water partition coefficient (Wildman–Crippen LogP) is 2.44. The number of rotatable bonds is 5. The van der Waals surface area contributed by atoms with E-state index >= 15 is 0 Å². The largest absolute Gasteiger partial charge is 0.378 e. The molecule has 126 valence electrons. The molecule has 1 aromatic carbocycles. The number of carbonyl (C=O) groups is 1. The van der Waals surface area contributed by atoms with Gasteiger partial charge in [-0.25, -0.2) is 4.98 Å². The predicted molar refractivity (Wildman–Crippen MR) is 94.0 cm³/mol. The van der Waals surface area contributed by atoms with Crippen molar-refractivity contribution < 1.29 is 9.53 Å². The quantitative estimate of drug-likeness (QED) is 0.917. The van der Waals surface area contributed by atoms with Gasteiger partial charge in [0.15, 0.2) is 0 Å². The Balaban J connectivity index is 1.75. The lowest BCUT2D eigenvalue weighted by Gasteiger charge is -2.30. The molecule has 24 heavy (non-hydrogen) atoms. The van der Waals surface area contributed by atoms with Crippen LogP contribution in [0.15, 0.2) is 48.7 Å². The van der Waals surface area contributed by atoms with Crippen LogP contribution in [0.25, 0.3) is 0 Å². The van der Waals surface area contributed by atoms with Crippen molar-refractivity contribution in [2.45, 2.75) is 12.8 Å². The molecule has 1 N–H and O–H groups in total. The minimum Gasteiger partial charge on any atom is -0.378 e. The van der Waals surface area contributed by atoms with Crippen LogP contribution < -0.4 is 5.32 Å². The van der Waals surface area contributed by atoms with Gasteiger partial charge in [-0.2, -0.15) is 0 Å². The summed E-state index contributed by atoms with van der Waals surface area (Å²) in [7, 11) is 0. The molecule has 3 rings (SSSR count). The van der Waals surface area contributed by atoms with Gasteiger partial charge in [-0.15, -0.1) is 0 Å². The molecule has 1 fully saturated rings. The molecule has 2 aromatic rings. The molecule has 1 saturated heterocycles. The summed E-state index contributed by atoms with van der Waals surface area (Å²) in [6, 6.07) is 13.9. The summed E-state index contributed by atoms with van der Waals surface area (Å²) >= 11 is 0. The van der Waals surface area contributed by atoms with E-state index in [9.17, 15) is 4.79 Å². The highest BCUT2D eigenvalue weighted by molar-refractivity contribution is 5.84. The minimum absolute atomic E-state index is 0.143. The second-order valence-corrected chi connectivity index (χ2v) is 6.00. The van der Waals surface area contributed by atoms with Crippen LogP contribution in [0.5, 0.6) is 0 Å². The summed E-state index contributed by atoms with van der Waals surface area (Å²) in [6.45, 7) is 5.09. The summed E-state index contributed by atoms with van der Waals surface area (Å²) in [5, 5.41) is 3.31. The molecule has 5 nitrogen and oxygen atoms in total. The van der Waals surface area contributed by atoms with E-state index in [1.165, 1.54) is 0 Å². The molecular weight excluding hydrogens is 302 g/mol. The number of ether oxygens (including phenoxy) is 1. The molecule has 2 heterocycles. The molecule has 1 aliphatic rings. The number of benzene rings is 1. The third-order valence-electron chi connectivity index (χ3n) is 4.23. The normalized spacial score (nSPS) is 15.8. The molecule has 0 saturated carbocycles. The van der Waals surface area contributed by atoms with Gasteiger partial charge in [0.2, 0.25) is 5.91 Å². The number of carbonyl (C=O) groups excluding carboxylic acids is 1. The zero-order valence-electron chi connectivity index (χ0n) is 13.9. The van der Waals surface area contributed by atoms with Gasteiger partial charge in [-0.1, -0.05) is 30.3 Å². The van der Waals surface area contributed by atoms with Gasteiger partial charge in [0.25, 0.3) is 0 Å². The number of pyridine rings is 1. The Bertz CT molecular complexity index is 669. The fourth-order valence-electron chi connectivity index (χ4n) is 2.88. The smallest absolute Gasteiger partial charge is 0.232 e. The van der Waals surface area contributed by atoms with Gasteiger partial charge < -0.3 is 15.0 Å². The first-order valence-electron chi connectivity index (χ1n) is 8.32. The van der Waals surface area contributed by atoms with Crippen LogP contribution in [0.1, 0.15) is 17.0 Å². The van der Waals surface area contributed by atoms with E-state index in [4.69, 9.17) is 4.74 Å². The number of morpholine rings is 1. The van der Waals surface area contributed by atoms with E-state index < -0.39 is 0 Å². The van der Waals surface area contributed by atoms with Gasteiger partial charge in [0.1, 0.15) is 5.82 Å². The Morgan fingerprint density at radius 2 is 2.00 bits per heavy atom. The SMILES string of the molecule is Cc1ccnc(NC[C@H](C(=O)N2CCOCC2)c2ccccc2)c1. The number of nitrogens with zero attached hydrogens (tertiary/aromatic N) is 2. The van der Waals surface area contributed by atoms with Crippen LogP contribution in [0.3, 0.4) is 0 Å². The summed E-state index contributed by atoms with van der Waals surface area (Å²) < 4.78 is 5.36. The van der Waals surface area contributed by atoms with E-state index in [0.29, 0.717) is 32.8 Å². The van der Waals surface area contributed by atoms with Crippen LogP contribution in [-0.4, -0.2) is 48.6 Å². The van der Waals surface area contributed by atoms with Gasteiger partial charge >= 0.3 is 0 Å². The maximum atomic E-state index is 13.0. The van der Waals surface area contributed by atoms with Crippen molar-refractivity contribution in [1.29, 1.82) is 0 Å². The number of anilines is 1. The van der Waals surface area contributed by atoms with Crippen LogP contribution in [-0.2, 0) is 9.53 Å². The van der Waals surface area contributed by atoms with Gasteiger partial charge in [-0.3, -0.25) is 4.79 Å². The average molecular weight is 325 g/mol. The highest BCUT2D eigenvalue weighted by Crippen LogP contribution is 2.20. The van der Waals surface area contributed by atoms with Crippen molar-refractivity contribution in [3.05, 3.63) is 59.8 Å². The second kappa shape index (κ2) is 7.93. The lowest BCUT2D eigenvalue weighted by molar-refractivity contribution is -0.136. The maximum absolute atomic E-state index is 13.0. The first-order chi connectivity index (χ1) is 11.7. The Labute approximate surface area is 142 Å². The lowest BCUT2D eigenvalue weighted by Crippen LogP contribution is -2.44. The summed E-state index contributed by atoms with van der Waals surface area (Å²) in [6.07, 6.45) is 1.78. The number of hydrogen-bond acceptors (Lipinski definition) is 4. The zero-order chi connectivity index (χ0) is 16.8. The van der Waals surface area contributed by atoms with Crippen LogP contribution in [0, 0.1) is 6.92 Å². The minimum atomic E-state index is -0.230. The van der Waals surface area contributed by atoms with Gasteiger partial charge in [0.05, 0.1) is 19.1 Å². The average Bonchev–Trinajstić information content (AvgIpc) is 2.63. The fraction of sp³-hybridized carbons (Fsp3) is 0.368. The molecule has 0 bridgehead atoms. The molecular formula is C19H23N3O2. The van der Waals surface area contributed by atoms with E-state index in [1.807, 2.05) is 54.3 Å². The summed E-state index contributed by atoms with van der Waals surface area (Å²) in [5.74, 6) is 0.710. The second-order valence-electron chi connectivity index (χ2n) is 6.00. The van der Waals surface area contributed by atoms with E-state index in [0.717, 1.165) is 16.9 Å². The molecule has 0 unspecified atom stereocenters. The Kier molecular flexibility index (Phi) is 5.43. The molecule has 5 heteroatoms. The van der Waals surface area contributed by atoms with Crippen LogP contribution in [0.4, 0.5) is 5.82 Å². The third kappa shape index (κ3) is 4.11. The highest BCUT2D eigenvalue weighted by Gasteiger charge is 2.27. The van der Waals surface area contributed by atoms with Gasteiger partial charge in [0, 0.05) is 25.8 Å². The Hall–Kier alpha value is -2.40. The number of nitrogens with one attached hydrogen (secondary N) is 1. The van der Waals surface area contributed by atoms with Crippen molar-refractivity contribution in [2.75, 3.05) is 38.2 Å². The molecule has 0 spiro atoms. The summed E-state index contributed by atoms with van der Waals surface area (Å²) in [4.78, 5) is 19.2. The van der Waals surface area contributed by atoms with Crippen molar-refractivity contribution >= 4 is 11.7 Å². The standard InChI is InChI=1S/C19H23N3O2/c1-15-7-8-20-18(13-15)21-14-17(16-5-3-2-4-6-16)19(23)22-9-11-24-12-10-22/h2-8,13,17H,9-12,14H2,1H3,(H,20,21)/t17-/m0/s1. The number of aryl methyl sites for hydroxylation is 1. The molecule has 1 atom stereocenters.